The summed E-state index contributed by atoms with van der Waals surface area (Å²) in [5, 5.41) is 23.9. The van der Waals surface area contributed by atoms with Gasteiger partial charge in [0.15, 0.2) is 0 Å². The molecule has 0 bridgehead atoms. The van der Waals surface area contributed by atoms with Crippen LogP contribution in [-0.2, 0) is 9.59 Å². The van der Waals surface area contributed by atoms with Crippen molar-refractivity contribution in [2.75, 3.05) is 13.2 Å². The largest absolute Gasteiger partial charge is 0.396 e. The lowest BCUT2D eigenvalue weighted by molar-refractivity contribution is -0.119. The van der Waals surface area contributed by atoms with Crippen LogP contribution in [0.4, 0.5) is 0 Å². The Hall–Kier alpha value is -1.66. The Kier molecular flexibility index (Phi) is 31.6. The molecular formula is C41H76N2O4. The molecule has 0 unspecified atom stereocenters. The lowest BCUT2D eigenvalue weighted by atomic mass is 10.0. The van der Waals surface area contributed by atoms with Gasteiger partial charge in [0.05, 0.1) is 0 Å². The average molecular weight is 661 g/mol. The second-order valence-electron chi connectivity index (χ2n) is 14.2. The van der Waals surface area contributed by atoms with Gasteiger partial charge in [-0.1, -0.05) is 153 Å². The number of aliphatic hydroxyl groups is 2. The van der Waals surface area contributed by atoms with E-state index in [0.717, 1.165) is 57.8 Å². The zero-order valence-corrected chi connectivity index (χ0v) is 30.5. The van der Waals surface area contributed by atoms with Gasteiger partial charge in [0, 0.05) is 25.3 Å². The van der Waals surface area contributed by atoms with Crippen LogP contribution in [0.2, 0.25) is 0 Å². The highest BCUT2D eigenvalue weighted by atomic mass is 16.3. The molecule has 2 atom stereocenters. The van der Waals surface area contributed by atoms with Gasteiger partial charge in [-0.2, -0.15) is 0 Å². The smallest absolute Gasteiger partial charge is 0.243 e. The predicted octanol–water partition coefficient (Wildman–Crippen LogP) is 10.2. The van der Waals surface area contributed by atoms with E-state index in [1.807, 2.05) is 12.2 Å². The van der Waals surface area contributed by atoms with E-state index in [2.05, 4.69) is 10.6 Å². The van der Waals surface area contributed by atoms with Crippen LogP contribution in [0.15, 0.2) is 24.3 Å². The van der Waals surface area contributed by atoms with E-state index in [-0.39, 0.29) is 23.9 Å². The minimum atomic E-state index is -0.0367. The Morgan fingerprint density at radius 2 is 0.681 bits per heavy atom. The van der Waals surface area contributed by atoms with Crippen molar-refractivity contribution < 1.29 is 19.8 Å². The molecule has 6 heteroatoms. The molecular weight excluding hydrogens is 584 g/mol. The number of nitrogens with one attached hydrogen (secondary N) is 2. The Balaban J connectivity index is 1.96. The number of hydrogen-bond donors (Lipinski definition) is 4. The molecule has 274 valence electrons. The third-order valence-corrected chi connectivity index (χ3v) is 9.77. The van der Waals surface area contributed by atoms with E-state index >= 15 is 0 Å². The van der Waals surface area contributed by atoms with Crippen LogP contribution in [0.25, 0.3) is 0 Å². The van der Waals surface area contributed by atoms with Gasteiger partial charge in [0.2, 0.25) is 11.8 Å². The average Bonchev–Trinajstić information content (AvgIpc) is 3.49. The Labute approximate surface area is 290 Å². The molecule has 0 spiro atoms. The normalized spacial score (nSPS) is 16.5. The number of amides is 2. The van der Waals surface area contributed by atoms with Gasteiger partial charge in [0.25, 0.3) is 0 Å². The Morgan fingerprint density at radius 1 is 0.426 bits per heavy atom. The van der Waals surface area contributed by atoms with Gasteiger partial charge in [-0.3, -0.25) is 9.59 Å². The summed E-state index contributed by atoms with van der Waals surface area (Å²) < 4.78 is 0. The molecule has 2 amide bonds. The lowest BCUT2D eigenvalue weighted by Crippen LogP contribution is -2.47. The van der Waals surface area contributed by atoms with E-state index in [1.165, 1.54) is 141 Å². The standard InChI is InChI=1S/C41H76N2O4/c44-36-29-25-21-17-13-9-5-1-3-7-11-15-19-23-27-34-40(46)42-38-32-31-33-39(38)43-41(47)35-28-24-20-16-12-8-4-2-6-10-14-18-22-26-30-37-45/h27-28,34-35,38-39,44-45H,1-26,29-33,36-37H2,(H,42,46)(H,43,47)/b34-27+,35-28+/t38-,39+. The zero-order chi connectivity index (χ0) is 33.9. The molecule has 1 aliphatic carbocycles. The zero-order valence-electron chi connectivity index (χ0n) is 30.5. The molecule has 0 radical (unpaired) electrons. The van der Waals surface area contributed by atoms with E-state index in [0.29, 0.717) is 13.2 Å². The summed E-state index contributed by atoms with van der Waals surface area (Å²) in [5.74, 6) is -0.0733. The highest BCUT2D eigenvalue weighted by molar-refractivity contribution is 5.89. The van der Waals surface area contributed by atoms with Crippen molar-refractivity contribution in [1.29, 1.82) is 0 Å². The van der Waals surface area contributed by atoms with Crippen molar-refractivity contribution in [1.82, 2.24) is 10.6 Å². The summed E-state index contributed by atoms with van der Waals surface area (Å²) in [6.07, 6.45) is 45.0. The number of hydrogen-bond acceptors (Lipinski definition) is 4. The van der Waals surface area contributed by atoms with Crippen LogP contribution in [-0.4, -0.2) is 47.3 Å². The summed E-state index contributed by atoms with van der Waals surface area (Å²) in [4.78, 5) is 24.9. The number of carbonyl (C=O) groups excluding carboxylic acids is 2. The molecule has 1 aliphatic rings. The maximum Gasteiger partial charge on any atom is 0.243 e. The van der Waals surface area contributed by atoms with Crippen LogP contribution in [0.5, 0.6) is 0 Å². The molecule has 0 aliphatic heterocycles. The summed E-state index contributed by atoms with van der Waals surface area (Å²) >= 11 is 0. The van der Waals surface area contributed by atoms with Crippen molar-refractivity contribution in [3.8, 4) is 0 Å². The fraction of sp³-hybridized carbons (Fsp3) is 0.854. The van der Waals surface area contributed by atoms with Crippen molar-refractivity contribution in [3.63, 3.8) is 0 Å². The van der Waals surface area contributed by atoms with Gasteiger partial charge >= 0.3 is 0 Å². The van der Waals surface area contributed by atoms with Gasteiger partial charge in [-0.15, -0.1) is 0 Å². The molecule has 0 aromatic heterocycles. The minimum absolute atomic E-state index is 0.0210. The Morgan fingerprint density at radius 3 is 0.957 bits per heavy atom. The molecule has 0 heterocycles. The van der Waals surface area contributed by atoms with Crippen LogP contribution >= 0.6 is 0 Å². The van der Waals surface area contributed by atoms with Crippen molar-refractivity contribution in [2.45, 2.75) is 211 Å². The van der Waals surface area contributed by atoms with E-state index in [9.17, 15) is 9.59 Å². The number of rotatable bonds is 34. The minimum Gasteiger partial charge on any atom is -0.396 e. The van der Waals surface area contributed by atoms with E-state index in [1.54, 1.807) is 12.2 Å². The van der Waals surface area contributed by atoms with Gasteiger partial charge in [0.1, 0.15) is 0 Å². The van der Waals surface area contributed by atoms with Crippen molar-refractivity contribution in [2.24, 2.45) is 0 Å². The third kappa shape index (κ3) is 29.0. The third-order valence-electron chi connectivity index (χ3n) is 9.77. The van der Waals surface area contributed by atoms with E-state index < -0.39 is 0 Å². The fourth-order valence-electron chi connectivity index (χ4n) is 6.79. The second kappa shape index (κ2) is 34.2. The summed E-state index contributed by atoms with van der Waals surface area (Å²) in [6.45, 7) is 0.675. The maximum atomic E-state index is 12.5. The maximum absolute atomic E-state index is 12.5. The molecule has 0 saturated heterocycles. The van der Waals surface area contributed by atoms with Gasteiger partial charge in [-0.25, -0.2) is 0 Å². The first-order valence-corrected chi connectivity index (χ1v) is 20.3. The topological polar surface area (TPSA) is 98.7 Å². The van der Waals surface area contributed by atoms with Crippen LogP contribution < -0.4 is 10.6 Å². The first-order chi connectivity index (χ1) is 23.2. The van der Waals surface area contributed by atoms with Crippen molar-refractivity contribution >= 4 is 11.8 Å². The summed E-state index contributed by atoms with van der Waals surface area (Å²) in [5.41, 5.74) is 0. The van der Waals surface area contributed by atoms with E-state index in [4.69, 9.17) is 10.2 Å². The number of allylic oxidation sites excluding steroid dienone is 2. The fourth-order valence-corrected chi connectivity index (χ4v) is 6.79. The lowest BCUT2D eigenvalue weighted by Gasteiger charge is -2.21. The number of unbranched alkanes of at least 4 members (excludes halogenated alkanes) is 26. The molecule has 0 aromatic carbocycles. The first-order valence-electron chi connectivity index (χ1n) is 20.3. The highest BCUT2D eigenvalue weighted by Crippen LogP contribution is 2.20. The highest BCUT2D eigenvalue weighted by Gasteiger charge is 2.28. The van der Waals surface area contributed by atoms with Crippen LogP contribution in [0.1, 0.15) is 199 Å². The molecule has 47 heavy (non-hydrogen) atoms. The molecule has 1 saturated carbocycles. The quantitative estimate of drug-likeness (QED) is 0.0408. The first kappa shape index (κ1) is 43.4. The van der Waals surface area contributed by atoms with Gasteiger partial charge in [-0.05, 0) is 69.9 Å². The monoisotopic (exact) mass is 661 g/mol. The summed E-state index contributed by atoms with van der Waals surface area (Å²) in [7, 11) is 0. The molecule has 1 rings (SSSR count). The predicted molar refractivity (Wildman–Crippen MR) is 199 cm³/mol. The molecule has 4 N–H and O–H groups in total. The van der Waals surface area contributed by atoms with Crippen LogP contribution in [0.3, 0.4) is 0 Å². The van der Waals surface area contributed by atoms with Gasteiger partial charge < -0.3 is 20.8 Å². The molecule has 0 aromatic rings. The van der Waals surface area contributed by atoms with Crippen LogP contribution in [0, 0.1) is 0 Å². The number of carbonyl (C=O) groups is 2. The SMILES string of the molecule is O=C(/C=C/CCCCCCCCCCCCCCCO)N[C@H]1CCC[C@H]1NC(=O)/C=C/CCCCCCCCCCCCCCCO. The molecule has 1 fully saturated rings. The molecule has 6 nitrogen and oxygen atoms in total. The van der Waals surface area contributed by atoms with Crippen molar-refractivity contribution in [3.05, 3.63) is 24.3 Å². The Bertz CT molecular complexity index is 707. The second-order valence-corrected chi connectivity index (χ2v) is 14.2. The number of aliphatic hydroxyl groups excluding tert-OH is 2. The summed E-state index contributed by atoms with van der Waals surface area (Å²) in [6, 6.07) is 0.0419.